The number of benzene rings is 1. The van der Waals surface area contributed by atoms with Gasteiger partial charge in [-0.15, -0.1) is 11.6 Å². The first kappa shape index (κ1) is 14.0. The summed E-state index contributed by atoms with van der Waals surface area (Å²) in [5.74, 6) is 1.28. The number of fused-ring (bicyclic) bond motifs is 1. The molecule has 0 N–H and O–H groups in total. The lowest BCUT2D eigenvalue weighted by Crippen LogP contribution is -2.23. The fraction of sp³-hybridized carbons (Fsp3) is 0.462. The summed E-state index contributed by atoms with van der Waals surface area (Å²) in [4.78, 5) is 4.55. The fourth-order valence-corrected chi connectivity index (χ4v) is 2.64. The van der Waals surface area contributed by atoms with Crippen molar-refractivity contribution < 1.29 is 0 Å². The van der Waals surface area contributed by atoms with Crippen LogP contribution in [0.15, 0.2) is 18.2 Å². The first-order valence-corrected chi connectivity index (χ1v) is 7.87. The number of alkyl halides is 1. The van der Waals surface area contributed by atoms with E-state index in [2.05, 4.69) is 29.7 Å². The van der Waals surface area contributed by atoms with Gasteiger partial charge in [0.05, 0.1) is 21.9 Å². The Morgan fingerprint density at radius 1 is 1.39 bits per heavy atom. The van der Waals surface area contributed by atoms with E-state index in [1.54, 1.807) is 0 Å². The van der Waals surface area contributed by atoms with Gasteiger partial charge >= 0.3 is 0 Å². The van der Waals surface area contributed by atoms with Crippen LogP contribution in [0.25, 0.3) is 11.0 Å². The second-order valence-corrected chi connectivity index (χ2v) is 7.01. The highest BCUT2D eigenvalue weighted by Crippen LogP contribution is 2.30. The van der Waals surface area contributed by atoms with Gasteiger partial charge in [-0.1, -0.05) is 17.7 Å². The van der Waals surface area contributed by atoms with Gasteiger partial charge in [0.2, 0.25) is 0 Å². The quantitative estimate of drug-likeness (QED) is 0.770. The van der Waals surface area contributed by atoms with Crippen molar-refractivity contribution in [3.63, 3.8) is 0 Å². The molecule has 2 nitrogen and oxygen atoms in total. The maximum atomic E-state index is 6.29. The molecule has 0 aliphatic carbocycles. The normalized spacial score (nSPS) is 12.3. The van der Waals surface area contributed by atoms with Crippen LogP contribution in [-0.2, 0) is 12.4 Å². The Bertz CT molecular complexity index is 563. The molecule has 18 heavy (non-hydrogen) atoms. The number of thioether (sulfide) groups is 1. The highest BCUT2D eigenvalue weighted by Gasteiger charge is 2.21. The monoisotopic (exact) mass is 302 g/mol. The van der Waals surface area contributed by atoms with E-state index in [4.69, 9.17) is 23.2 Å². The maximum Gasteiger partial charge on any atom is 0.124 e. The van der Waals surface area contributed by atoms with Crippen LogP contribution in [0.4, 0.5) is 0 Å². The Kier molecular flexibility index (Phi) is 4.15. The first-order valence-electron chi connectivity index (χ1n) is 5.73. The van der Waals surface area contributed by atoms with Crippen molar-refractivity contribution in [1.82, 2.24) is 9.55 Å². The van der Waals surface area contributed by atoms with Crippen LogP contribution >= 0.6 is 35.0 Å². The minimum Gasteiger partial charge on any atom is -0.324 e. The lowest BCUT2D eigenvalue weighted by Gasteiger charge is -2.24. The topological polar surface area (TPSA) is 17.8 Å². The minimum atomic E-state index is 0.119. The van der Waals surface area contributed by atoms with Gasteiger partial charge in [-0.25, -0.2) is 4.98 Å². The van der Waals surface area contributed by atoms with Crippen molar-refractivity contribution in [2.75, 3.05) is 6.26 Å². The van der Waals surface area contributed by atoms with Crippen molar-refractivity contribution in [3.05, 3.63) is 29.0 Å². The van der Waals surface area contributed by atoms with Crippen molar-refractivity contribution in [2.24, 2.45) is 0 Å². The summed E-state index contributed by atoms with van der Waals surface area (Å²) in [5, 5.41) is 0.730. The standard InChI is InChI=1S/C13H16Cl2N2S/c1-13(2,18-3)8-17-11(7-14)16-10-6-4-5-9(15)12(10)17/h4-6H,7-8H2,1-3H3. The van der Waals surface area contributed by atoms with E-state index in [0.717, 1.165) is 28.4 Å². The number of halogens is 2. The van der Waals surface area contributed by atoms with Gasteiger partial charge in [-0.2, -0.15) is 11.8 Å². The predicted octanol–water partition coefficient (Wildman–Crippen LogP) is 4.57. The number of nitrogens with zero attached hydrogens (tertiary/aromatic N) is 2. The summed E-state index contributed by atoms with van der Waals surface area (Å²) in [6.07, 6.45) is 2.11. The molecule has 0 amide bonds. The average Bonchev–Trinajstić information content (AvgIpc) is 2.68. The maximum absolute atomic E-state index is 6.29. The molecular formula is C13H16Cl2N2S. The number of hydrogen-bond acceptors (Lipinski definition) is 2. The van der Waals surface area contributed by atoms with Crippen LogP contribution in [0.2, 0.25) is 5.02 Å². The van der Waals surface area contributed by atoms with Crippen LogP contribution in [0, 0.1) is 0 Å². The van der Waals surface area contributed by atoms with E-state index < -0.39 is 0 Å². The molecule has 5 heteroatoms. The summed E-state index contributed by atoms with van der Waals surface area (Å²) >= 11 is 14.1. The highest BCUT2D eigenvalue weighted by atomic mass is 35.5. The van der Waals surface area contributed by atoms with Crippen molar-refractivity contribution in [1.29, 1.82) is 0 Å². The van der Waals surface area contributed by atoms with Gasteiger partial charge in [0.15, 0.2) is 0 Å². The molecule has 0 saturated carbocycles. The van der Waals surface area contributed by atoms with Gasteiger partial charge in [-0.05, 0) is 32.2 Å². The molecule has 0 aliphatic heterocycles. The third kappa shape index (κ3) is 2.63. The van der Waals surface area contributed by atoms with E-state index in [9.17, 15) is 0 Å². The Balaban J connectivity index is 2.60. The zero-order chi connectivity index (χ0) is 13.3. The van der Waals surface area contributed by atoms with Gasteiger partial charge in [0, 0.05) is 11.3 Å². The molecule has 0 atom stereocenters. The van der Waals surface area contributed by atoms with Crippen molar-refractivity contribution in [2.45, 2.75) is 31.0 Å². The van der Waals surface area contributed by atoms with Gasteiger partial charge in [0.25, 0.3) is 0 Å². The van der Waals surface area contributed by atoms with Gasteiger partial charge in [-0.3, -0.25) is 0 Å². The van der Waals surface area contributed by atoms with E-state index in [1.165, 1.54) is 0 Å². The molecule has 0 fully saturated rings. The first-order chi connectivity index (χ1) is 8.48. The number of rotatable bonds is 4. The van der Waals surface area contributed by atoms with Crippen molar-refractivity contribution in [3.8, 4) is 0 Å². The van der Waals surface area contributed by atoms with Crippen molar-refractivity contribution >= 4 is 46.0 Å². The molecule has 0 saturated heterocycles. The van der Waals surface area contributed by atoms with Gasteiger partial charge in [0.1, 0.15) is 5.82 Å². The van der Waals surface area contributed by atoms with E-state index in [-0.39, 0.29) is 4.75 Å². The Morgan fingerprint density at radius 2 is 2.11 bits per heavy atom. The zero-order valence-corrected chi connectivity index (χ0v) is 13.0. The largest absolute Gasteiger partial charge is 0.324 e. The van der Waals surface area contributed by atoms with E-state index in [0.29, 0.717) is 5.88 Å². The second-order valence-electron chi connectivity index (χ2n) is 4.82. The SMILES string of the molecule is CSC(C)(C)Cn1c(CCl)nc2cccc(Cl)c21. The molecule has 98 valence electrons. The number of imidazole rings is 1. The van der Waals surface area contributed by atoms with Crippen LogP contribution in [0.5, 0.6) is 0 Å². The Morgan fingerprint density at radius 3 is 2.72 bits per heavy atom. The molecule has 1 aromatic heterocycles. The molecule has 0 spiro atoms. The van der Waals surface area contributed by atoms with Crippen LogP contribution in [0.3, 0.4) is 0 Å². The lowest BCUT2D eigenvalue weighted by molar-refractivity contribution is 0.566. The molecule has 0 bridgehead atoms. The van der Waals surface area contributed by atoms with Crippen LogP contribution in [-0.4, -0.2) is 20.6 Å². The fourth-order valence-electron chi connectivity index (χ4n) is 1.91. The second kappa shape index (κ2) is 5.32. The van der Waals surface area contributed by atoms with Crippen LogP contribution in [0.1, 0.15) is 19.7 Å². The molecule has 1 aromatic carbocycles. The Hall–Kier alpha value is -0.380. The minimum absolute atomic E-state index is 0.119. The molecule has 0 radical (unpaired) electrons. The third-order valence-electron chi connectivity index (χ3n) is 3.01. The number of para-hydroxylation sites is 1. The summed E-state index contributed by atoms with van der Waals surface area (Å²) in [7, 11) is 0. The molecule has 2 aromatic rings. The third-order valence-corrected chi connectivity index (χ3v) is 4.79. The summed E-state index contributed by atoms with van der Waals surface area (Å²) in [6.45, 7) is 5.26. The van der Waals surface area contributed by atoms with E-state index in [1.807, 2.05) is 30.0 Å². The molecule has 1 heterocycles. The van der Waals surface area contributed by atoms with E-state index >= 15 is 0 Å². The average molecular weight is 303 g/mol. The lowest BCUT2D eigenvalue weighted by atomic mass is 10.2. The highest BCUT2D eigenvalue weighted by molar-refractivity contribution is 7.99. The molecule has 0 unspecified atom stereocenters. The predicted molar refractivity (Wildman–Crippen MR) is 81.9 cm³/mol. The molecule has 2 rings (SSSR count). The zero-order valence-electron chi connectivity index (χ0n) is 10.7. The molecule has 0 aliphatic rings. The summed E-state index contributed by atoms with van der Waals surface area (Å²) in [6, 6.07) is 5.78. The van der Waals surface area contributed by atoms with Gasteiger partial charge < -0.3 is 4.57 Å². The summed E-state index contributed by atoms with van der Waals surface area (Å²) in [5.41, 5.74) is 1.90. The number of aromatic nitrogens is 2. The smallest absolute Gasteiger partial charge is 0.124 e. The van der Waals surface area contributed by atoms with Crippen LogP contribution < -0.4 is 0 Å². The number of hydrogen-bond donors (Lipinski definition) is 0. The Labute approximate surface area is 122 Å². The summed E-state index contributed by atoms with van der Waals surface area (Å²) < 4.78 is 2.26. The molecular weight excluding hydrogens is 287 g/mol.